The van der Waals surface area contributed by atoms with Crippen molar-refractivity contribution in [2.45, 2.75) is 38.6 Å². The van der Waals surface area contributed by atoms with Crippen LogP contribution in [0, 0.1) is 6.92 Å². The third kappa shape index (κ3) is 1.76. The van der Waals surface area contributed by atoms with Gasteiger partial charge in [-0.15, -0.1) is 0 Å². The lowest BCUT2D eigenvalue weighted by Gasteiger charge is -2.38. The van der Waals surface area contributed by atoms with E-state index in [1.165, 1.54) is 48.1 Å². The van der Waals surface area contributed by atoms with Crippen molar-refractivity contribution in [1.82, 2.24) is 4.90 Å². The van der Waals surface area contributed by atoms with Gasteiger partial charge in [-0.25, -0.2) is 0 Å². The summed E-state index contributed by atoms with van der Waals surface area (Å²) >= 11 is 0. The van der Waals surface area contributed by atoms with Crippen molar-refractivity contribution in [2.75, 3.05) is 6.54 Å². The highest BCUT2D eigenvalue weighted by Gasteiger charge is 2.31. The lowest BCUT2D eigenvalue weighted by atomic mass is 9.88. The van der Waals surface area contributed by atoms with Crippen LogP contribution in [0.4, 0.5) is 0 Å². The molecule has 1 aliphatic carbocycles. The maximum absolute atomic E-state index is 2.63. The maximum Gasteiger partial charge on any atom is 0.0509 e. The molecule has 1 atom stereocenters. The van der Waals surface area contributed by atoms with Crippen LogP contribution < -0.4 is 0 Å². The minimum atomic E-state index is 0.617. The number of aryl methyl sites for hydroxylation is 1. The quantitative estimate of drug-likeness (QED) is 0.664. The summed E-state index contributed by atoms with van der Waals surface area (Å²) < 4.78 is 0. The summed E-state index contributed by atoms with van der Waals surface area (Å²) in [4.78, 5) is 2.63. The van der Waals surface area contributed by atoms with Crippen molar-refractivity contribution in [3.05, 3.63) is 58.7 Å². The van der Waals surface area contributed by atoms with Crippen LogP contribution in [0.3, 0.4) is 0 Å². The zero-order valence-electron chi connectivity index (χ0n) is 12.1. The molecule has 0 aromatic heterocycles. The number of nitrogens with zero attached hydrogens (tertiary/aromatic N) is 1. The monoisotopic (exact) mass is 263 g/mol. The van der Waals surface area contributed by atoms with Gasteiger partial charge in [-0.05, 0) is 49.0 Å². The van der Waals surface area contributed by atoms with E-state index in [1.807, 2.05) is 0 Å². The van der Waals surface area contributed by atoms with Gasteiger partial charge in [0.25, 0.3) is 0 Å². The summed E-state index contributed by atoms with van der Waals surface area (Å²) in [5.74, 6) is 0. The fraction of sp³-hybridized carbons (Fsp3) is 0.368. The molecule has 0 N–H and O–H groups in total. The van der Waals surface area contributed by atoms with E-state index >= 15 is 0 Å². The largest absolute Gasteiger partial charge is 0.361 e. The number of rotatable bonds is 0. The van der Waals surface area contributed by atoms with E-state index in [0.717, 1.165) is 6.54 Å². The Hall–Kier alpha value is -1.76. The van der Waals surface area contributed by atoms with Crippen LogP contribution in [0.1, 0.15) is 42.4 Å². The van der Waals surface area contributed by atoms with E-state index in [0.29, 0.717) is 6.04 Å². The molecule has 3 aliphatic rings. The first kappa shape index (κ1) is 12.0. The second-order valence-electron chi connectivity index (χ2n) is 6.15. The van der Waals surface area contributed by atoms with Gasteiger partial charge < -0.3 is 4.90 Å². The molecule has 1 nitrogen and oxygen atoms in total. The first-order valence-electron chi connectivity index (χ1n) is 7.78. The zero-order chi connectivity index (χ0) is 13.5. The summed E-state index contributed by atoms with van der Waals surface area (Å²) in [5.41, 5.74) is 7.32. The van der Waals surface area contributed by atoms with Gasteiger partial charge in [0.1, 0.15) is 0 Å². The molecule has 0 bridgehead atoms. The lowest BCUT2D eigenvalue weighted by Crippen LogP contribution is -2.37. The topological polar surface area (TPSA) is 3.24 Å². The fourth-order valence-electron chi connectivity index (χ4n) is 3.95. The highest BCUT2D eigenvalue weighted by Crippen LogP contribution is 2.40. The molecular formula is C19H21N. The van der Waals surface area contributed by atoms with E-state index in [4.69, 9.17) is 0 Å². The number of hydrogen-bond acceptors (Lipinski definition) is 1. The average Bonchev–Trinajstić information content (AvgIpc) is 2.62. The number of benzene rings is 1. The molecule has 1 unspecified atom stereocenters. The Balaban J connectivity index is 1.95. The molecule has 0 amide bonds. The maximum atomic E-state index is 2.63. The van der Waals surface area contributed by atoms with Crippen molar-refractivity contribution >= 4 is 11.8 Å². The molecule has 0 radical (unpaired) electrons. The van der Waals surface area contributed by atoms with Gasteiger partial charge in [0.15, 0.2) is 0 Å². The van der Waals surface area contributed by atoms with Gasteiger partial charge in [0, 0.05) is 17.8 Å². The van der Waals surface area contributed by atoms with Crippen molar-refractivity contribution in [2.24, 2.45) is 0 Å². The van der Waals surface area contributed by atoms with E-state index in [2.05, 4.69) is 54.3 Å². The predicted molar refractivity (Wildman–Crippen MR) is 85.2 cm³/mol. The molecule has 102 valence electrons. The number of allylic oxidation sites excluding steroid dienone is 2. The predicted octanol–water partition coefficient (Wildman–Crippen LogP) is 4.55. The van der Waals surface area contributed by atoms with Crippen LogP contribution in [-0.2, 0) is 0 Å². The summed E-state index contributed by atoms with van der Waals surface area (Å²) in [5, 5.41) is 0. The molecule has 1 heteroatoms. The molecule has 4 rings (SSSR count). The van der Waals surface area contributed by atoms with Crippen LogP contribution >= 0.6 is 0 Å². The van der Waals surface area contributed by atoms with E-state index in [-0.39, 0.29) is 0 Å². The third-order valence-electron chi connectivity index (χ3n) is 4.90. The normalized spacial score (nSPS) is 24.1. The first-order chi connectivity index (χ1) is 9.84. The average molecular weight is 263 g/mol. The van der Waals surface area contributed by atoms with Crippen molar-refractivity contribution in [3.8, 4) is 0 Å². The second-order valence-corrected chi connectivity index (χ2v) is 6.15. The van der Waals surface area contributed by atoms with Crippen molar-refractivity contribution in [1.29, 1.82) is 0 Å². The molecule has 20 heavy (non-hydrogen) atoms. The minimum Gasteiger partial charge on any atom is -0.361 e. The molecule has 0 spiro atoms. The third-order valence-corrected chi connectivity index (χ3v) is 4.90. The molecule has 1 aromatic carbocycles. The lowest BCUT2D eigenvalue weighted by molar-refractivity contribution is 0.306. The Labute approximate surface area is 121 Å². The SMILES string of the molecule is Cc1cccc2c1C1=CC=CCN1C1CCCCC1=C2. The van der Waals surface area contributed by atoms with Crippen LogP contribution in [-0.4, -0.2) is 17.5 Å². The summed E-state index contributed by atoms with van der Waals surface area (Å²) in [6.07, 6.45) is 14.6. The molecule has 1 aromatic rings. The summed E-state index contributed by atoms with van der Waals surface area (Å²) in [6, 6.07) is 7.33. The van der Waals surface area contributed by atoms with Gasteiger partial charge in [0.05, 0.1) is 6.04 Å². The Kier molecular flexibility index (Phi) is 2.80. The fourth-order valence-corrected chi connectivity index (χ4v) is 3.95. The van der Waals surface area contributed by atoms with Crippen molar-refractivity contribution < 1.29 is 0 Å². The van der Waals surface area contributed by atoms with Crippen molar-refractivity contribution in [3.63, 3.8) is 0 Å². The first-order valence-corrected chi connectivity index (χ1v) is 7.78. The molecule has 2 heterocycles. The van der Waals surface area contributed by atoms with Gasteiger partial charge in [-0.3, -0.25) is 0 Å². The van der Waals surface area contributed by atoms with Gasteiger partial charge >= 0.3 is 0 Å². The zero-order valence-corrected chi connectivity index (χ0v) is 12.1. The molecule has 1 saturated carbocycles. The number of fused-ring (bicyclic) bond motifs is 5. The number of hydrogen-bond donors (Lipinski definition) is 0. The summed E-state index contributed by atoms with van der Waals surface area (Å²) in [6.45, 7) is 3.30. The van der Waals surface area contributed by atoms with E-state index in [9.17, 15) is 0 Å². The minimum absolute atomic E-state index is 0.617. The molecule has 2 aliphatic heterocycles. The van der Waals surface area contributed by atoms with E-state index in [1.54, 1.807) is 5.57 Å². The highest BCUT2D eigenvalue weighted by atomic mass is 15.2. The Morgan fingerprint density at radius 2 is 2.15 bits per heavy atom. The van der Waals surface area contributed by atoms with Crippen LogP contribution in [0.25, 0.3) is 11.8 Å². The Bertz CT molecular complexity index is 633. The highest BCUT2D eigenvalue weighted by molar-refractivity contribution is 5.80. The molecular weight excluding hydrogens is 242 g/mol. The van der Waals surface area contributed by atoms with Crippen LogP contribution in [0.5, 0.6) is 0 Å². The Morgan fingerprint density at radius 1 is 1.20 bits per heavy atom. The smallest absolute Gasteiger partial charge is 0.0509 e. The Morgan fingerprint density at radius 3 is 3.10 bits per heavy atom. The van der Waals surface area contributed by atoms with Crippen LogP contribution in [0.15, 0.2) is 42.0 Å². The molecule has 0 saturated heterocycles. The standard InChI is InChI=1S/C19H21N/c1-14-7-6-9-16-13-15-8-2-3-10-17(15)20-12-5-4-11-18(20)19(14)16/h4-7,9,11,13,17H,2-3,8,10,12H2,1H3. The van der Waals surface area contributed by atoms with Crippen LogP contribution in [0.2, 0.25) is 0 Å². The summed E-state index contributed by atoms with van der Waals surface area (Å²) in [7, 11) is 0. The molecule has 1 fully saturated rings. The van der Waals surface area contributed by atoms with Gasteiger partial charge in [-0.1, -0.05) is 42.8 Å². The second kappa shape index (κ2) is 4.66. The van der Waals surface area contributed by atoms with Gasteiger partial charge in [-0.2, -0.15) is 0 Å². The van der Waals surface area contributed by atoms with Gasteiger partial charge in [0.2, 0.25) is 0 Å². The van der Waals surface area contributed by atoms with E-state index < -0.39 is 0 Å².